The van der Waals surface area contributed by atoms with Crippen molar-refractivity contribution in [3.05, 3.63) is 64.4 Å². The lowest BCUT2D eigenvalue weighted by molar-refractivity contribution is 0.0977. The summed E-state index contributed by atoms with van der Waals surface area (Å²) in [4.78, 5) is 13.1. The predicted octanol–water partition coefficient (Wildman–Crippen LogP) is 4.30. The average Bonchev–Trinajstić information content (AvgIpc) is 3.29. The number of rotatable bonds is 4. The van der Waals surface area contributed by atoms with Gasteiger partial charge in [-0.2, -0.15) is 9.61 Å². The van der Waals surface area contributed by atoms with E-state index in [0.717, 1.165) is 33.5 Å². The molecule has 1 amide bonds. The fourth-order valence-electron chi connectivity index (χ4n) is 2.70. The molecule has 0 aliphatic rings. The summed E-state index contributed by atoms with van der Waals surface area (Å²) < 4.78 is 2.47. The van der Waals surface area contributed by atoms with Crippen molar-refractivity contribution in [3.63, 3.8) is 0 Å². The van der Waals surface area contributed by atoms with Crippen LogP contribution in [-0.2, 0) is 6.42 Å². The van der Waals surface area contributed by atoms with Gasteiger partial charge in [0.15, 0.2) is 10.9 Å². The molecule has 146 valence electrons. The van der Waals surface area contributed by atoms with Gasteiger partial charge in [-0.05, 0) is 52.4 Å². The zero-order chi connectivity index (χ0) is 20.4. The van der Waals surface area contributed by atoms with Crippen LogP contribution in [0.5, 0.6) is 0 Å². The highest BCUT2D eigenvalue weighted by atomic mass is 79.9. The van der Waals surface area contributed by atoms with E-state index in [-0.39, 0.29) is 11.0 Å². The SMILES string of the molecule is CCc1nnc2sc(-c3cccc(NC(=S)NC(=O)c4ccccc4Br)c3)nn12. The van der Waals surface area contributed by atoms with E-state index in [1.807, 2.05) is 37.3 Å². The molecule has 0 saturated heterocycles. The van der Waals surface area contributed by atoms with Crippen LogP contribution in [0.25, 0.3) is 15.5 Å². The smallest absolute Gasteiger partial charge is 0.258 e. The van der Waals surface area contributed by atoms with Crippen LogP contribution < -0.4 is 10.6 Å². The summed E-state index contributed by atoms with van der Waals surface area (Å²) >= 11 is 10.1. The van der Waals surface area contributed by atoms with Crippen molar-refractivity contribution >= 4 is 61.2 Å². The quantitative estimate of drug-likeness (QED) is 0.418. The van der Waals surface area contributed by atoms with Crippen LogP contribution in [0.15, 0.2) is 53.0 Å². The zero-order valence-corrected chi connectivity index (χ0v) is 18.4. The van der Waals surface area contributed by atoms with E-state index in [2.05, 4.69) is 41.9 Å². The zero-order valence-electron chi connectivity index (χ0n) is 15.2. The molecule has 0 fully saturated rings. The molecule has 0 spiro atoms. The summed E-state index contributed by atoms with van der Waals surface area (Å²) in [5.74, 6) is 0.541. The van der Waals surface area contributed by atoms with E-state index in [1.165, 1.54) is 11.3 Å². The fraction of sp³-hybridized carbons (Fsp3) is 0.105. The summed E-state index contributed by atoms with van der Waals surface area (Å²) in [5.41, 5.74) is 2.19. The molecule has 4 rings (SSSR count). The first-order valence-corrected chi connectivity index (χ1v) is 10.8. The van der Waals surface area contributed by atoms with Crippen molar-refractivity contribution in [1.29, 1.82) is 0 Å². The molecule has 2 N–H and O–H groups in total. The molecule has 2 aromatic heterocycles. The van der Waals surface area contributed by atoms with E-state index in [1.54, 1.807) is 22.7 Å². The highest BCUT2D eigenvalue weighted by molar-refractivity contribution is 9.10. The molecule has 10 heteroatoms. The summed E-state index contributed by atoms with van der Waals surface area (Å²) in [7, 11) is 0. The van der Waals surface area contributed by atoms with Gasteiger partial charge in [0.05, 0.1) is 5.56 Å². The third-order valence-electron chi connectivity index (χ3n) is 4.08. The molecular weight excluding hydrogens is 472 g/mol. The lowest BCUT2D eigenvalue weighted by Crippen LogP contribution is -2.34. The Morgan fingerprint density at radius 3 is 2.83 bits per heavy atom. The van der Waals surface area contributed by atoms with Gasteiger partial charge in [-0.3, -0.25) is 10.1 Å². The van der Waals surface area contributed by atoms with Crippen LogP contribution in [0, 0.1) is 0 Å². The minimum absolute atomic E-state index is 0.217. The third kappa shape index (κ3) is 4.19. The molecule has 0 unspecified atom stereocenters. The van der Waals surface area contributed by atoms with E-state index in [4.69, 9.17) is 12.2 Å². The Bertz CT molecular complexity index is 1220. The number of aromatic nitrogens is 4. The van der Waals surface area contributed by atoms with Crippen LogP contribution >= 0.6 is 39.5 Å². The maximum atomic E-state index is 12.4. The largest absolute Gasteiger partial charge is 0.332 e. The number of halogens is 1. The normalized spacial score (nSPS) is 10.8. The van der Waals surface area contributed by atoms with Crippen molar-refractivity contribution in [3.8, 4) is 10.6 Å². The van der Waals surface area contributed by atoms with Gasteiger partial charge in [0, 0.05) is 22.1 Å². The summed E-state index contributed by atoms with van der Waals surface area (Å²) in [6, 6.07) is 14.8. The Hall–Kier alpha value is -2.69. The molecule has 0 radical (unpaired) electrons. The molecule has 0 aliphatic heterocycles. The first-order chi connectivity index (χ1) is 14.0. The molecular formula is C19H15BrN6OS2. The Morgan fingerprint density at radius 2 is 2.03 bits per heavy atom. The molecule has 2 aromatic carbocycles. The number of anilines is 1. The molecule has 4 aromatic rings. The highest BCUT2D eigenvalue weighted by Crippen LogP contribution is 2.27. The maximum absolute atomic E-state index is 12.4. The van der Waals surface area contributed by atoms with Gasteiger partial charge in [0.2, 0.25) is 4.96 Å². The van der Waals surface area contributed by atoms with E-state index >= 15 is 0 Å². The monoisotopic (exact) mass is 486 g/mol. The first-order valence-electron chi connectivity index (χ1n) is 8.73. The lowest BCUT2D eigenvalue weighted by atomic mass is 10.2. The number of benzene rings is 2. The Morgan fingerprint density at radius 1 is 1.21 bits per heavy atom. The average molecular weight is 487 g/mol. The standard InChI is InChI=1S/C19H15BrN6OS2/c1-2-15-23-24-19-26(15)25-17(29-19)11-6-5-7-12(10-11)21-18(28)22-16(27)13-8-3-4-9-14(13)20/h3-10H,2H2,1H3,(H2,21,22,27,28). The van der Waals surface area contributed by atoms with Crippen molar-refractivity contribution in [2.75, 3.05) is 5.32 Å². The fourth-order valence-corrected chi connectivity index (χ4v) is 4.23. The number of carbonyl (C=O) groups excluding carboxylic acids is 1. The van der Waals surface area contributed by atoms with Crippen molar-refractivity contribution < 1.29 is 4.79 Å². The number of thiocarbonyl (C=S) groups is 1. The predicted molar refractivity (Wildman–Crippen MR) is 121 cm³/mol. The maximum Gasteiger partial charge on any atom is 0.258 e. The van der Waals surface area contributed by atoms with Crippen LogP contribution in [0.3, 0.4) is 0 Å². The number of carbonyl (C=O) groups is 1. The molecule has 29 heavy (non-hydrogen) atoms. The van der Waals surface area contributed by atoms with Gasteiger partial charge >= 0.3 is 0 Å². The number of amides is 1. The molecule has 0 atom stereocenters. The van der Waals surface area contributed by atoms with Crippen LogP contribution in [-0.4, -0.2) is 30.8 Å². The Balaban J connectivity index is 1.49. The highest BCUT2D eigenvalue weighted by Gasteiger charge is 2.13. The Labute approximate surface area is 184 Å². The van der Waals surface area contributed by atoms with Crippen molar-refractivity contribution in [1.82, 2.24) is 25.1 Å². The minimum Gasteiger partial charge on any atom is -0.332 e. The van der Waals surface area contributed by atoms with Crippen molar-refractivity contribution in [2.24, 2.45) is 0 Å². The number of fused-ring (bicyclic) bond motifs is 1. The number of hydrogen-bond donors (Lipinski definition) is 2. The lowest BCUT2D eigenvalue weighted by Gasteiger charge is -2.11. The summed E-state index contributed by atoms with van der Waals surface area (Å²) in [6.07, 6.45) is 0.761. The number of aryl methyl sites for hydroxylation is 1. The van der Waals surface area contributed by atoms with Crippen LogP contribution in [0.1, 0.15) is 23.1 Å². The molecule has 0 saturated carbocycles. The van der Waals surface area contributed by atoms with Crippen molar-refractivity contribution in [2.45, 2.75) is 13.3 Å². The minimum atomic E-state index is -0.285. The molecule has 7 nitrogen and oxygen atoms in total. The van der Waals surface area contributed by atoms with Gasteiger partial charge in [-0.15, -0.1) is 10.2 Å². The second kappa shape index (κ2) is 8.36. The van der Waals surface area contributed by atoms with Crippen LogP contribution in [0.2, 0.25) is 0 Å². The molecule has 0 aliphatic carbocycles. The number of nitrogens with one attached hydrogen (secondary N) is 2. The summed E-state index contributed by atoms with van der Waals surface area (Å²) in [5, 5.41) is 19.7. The topological polar surface area (TPSA) is 84.2 Å². The second-order valence-electron chi connectivity index (χ2n) is 6.04. The van der Waals surface area contributed by atoms with Gasteiger partial charge in [0.1, 0.15) is 5.01 Å². The molecule has 2 heterocycles. The van der Waals surface area contributed by atoms with Gasteiger partial charge in [-0.25, -0.2) is 0 Å². The van der Waals surface area contributed by atoms with Gasteiger partial charge < -0.3 is 5.32 Å². The Kier molecular flexibility index (Phi) is 5.65. The van der Waals surface area contributed by atoms with E-state index in [9.17, 15) is 4.79 Å². The van der Waals surface area contributed by atoms with E-state index in [0.29, 0.717) is 10.0 Å². The number of hydrogen-bond acceptors (Lipinski definition) is 6. The summed E-state index contributed by atoms with van der Waals surface area (Å²) in [6.45, 7) is 2.02. The van der Waals surface area contributed by atoms with Crippen LogP contribution in [0.4, 0.5) is 5.69 Å². The van der Waals surface area contributed by atoms with Gasteiger partial charge in [0.25, 0.3) is 5.91 Å². The third-order valence-corrected chi connectivity index (χ3v) is 5.93. The van der Waals surface area contributed by atoms with Gasteiger partial charge in [-0.1, -0.05) is 42.5 Å². The molecule has 0 bridgehead atoms. The first kappa shape index (κ1) is 19.6. The second-order valence-corrected chi connectivity index (χ2v) is 8.26. The van der Waals surface area contributed by atoms with E-state index < -0.39 is 0 Å². The number of nitrogens with zero attached hydrogens (tertiary/aromatic N) is 4.